The minimum absolute atomic E-state index is 0. The standard InChI is InChI=1S/C17H24N8OS.HI/c1-3-18-16(19-8-13-9-24-6-7-27-17(24)21-13)20-12-4-5-15-22-14(11-26-2)23-25(15)10-12;/h6-7,9,12H,3-5,8,10-11H2,1-2H3,(H2,18,19,20);1H. The number of nitrogens with zero attached hydrogens (tertiary/aromatic N) is 6. The molecule has 0 spiro atoms. The number of thiazole rings is 1. The number of hydrogen-bond donors (Lipinski definition) is 2. The molecule has 3 aromatic rings. The maximum atomic E-state index is 5.13. The van der Waals surface area contributed by atoms with Crippen molar-refractivity contribution in [1.82, 2.24) is 34.8 Å². The Morgan fingerprint density at radius 2 is 2.32 bits per heavy atom. The van der Waals surface area contributed by atoms with Crippen molar-refractivity contribution >= 4 is 46.2 Å². The third-order valence-corrected chi connectivity index (χ3v) is 5.17. The number of guanidine groups is 1. The first-order chi connectivity index (χ1) is 13.2. The summed E-state index contributed by atoms with van der Waals surface area (Å²) in [4.78, 5) is 14.8. The third kappa shape index (κ3) is 4.81. The molecule has 9 nitrogen and oxygen atoms in total. The van der Waals surface area contributed by atoms with E-state index in [0.717, 1.165) is 54.2 Å². The maximum Gasteiger partial charge on any atom is 0.193 e. The Balaban J connectivity index is 0.00000225. The summed E-state index contributed by atoms with van der Waals surface area (Å²) in [5.41, 5.74) is 0.963. The van der Waals surface area contributed by atoms with Gasteiger partial charge in [0.05, 0.1) is 18.8 Å². The molecule has 11 heteroatoms. The predicted molar refractivity (Wildman–Crippen MR) is 119 cm³/mol. The minimum atomic E-state index is 0. The molecule has 4 rings (SSSR count). The molecule has 0 amide bonds. The molecule has 0 saturated heterocycles. The first kappa shape index (κ1) is 21.0. The second kappa shape index (κ2) is 9.65. The summed E-state index contributed by atoms with van der Waals surface area (Å²) >= 11 is 1.63. The van der Waals surface area contributed by atoms with Gasteiger partial charge in [0.1, 0.15) is 12.4 Å². The summed E-state index contributed by atoms with van der Waals surface area (Å²) in [6.45, 7) is 4.64. The van der Waals surface area contributed by atoms with Crippen molar-refractivity contribution in [2.75, 3.05) is 13.7 Å². The van der Waals surface area contributed by atoms with Gasteiger partial charge in [-0.05, 0) is 13.3 Å². The second-order valence-corrected chi connectivity index (χ2v) is 7.33. The van der Waals surface area contributed by atoms with E-state index in [2.05, 4.69) is 32.6 Å². The molecule has 1 aliphatic heterocycles. The molecule has 0 aromatic carbocycles. The van der Waals surface area contributed by atoms with E-state index < -0.39 is 0 Å². The molecule has 152 valence electrons. The summed E-state index contributed by atoms with van der Waals surface area (Å²) in [5.74, 6) is 2.58. The molecule has 4 heterocycles. The van der Waals surface area contributed by atoms with Crippen LogP contribution in [0.25, 0.3) is 4.96 Å². The Morgan fingerprint density at radius 1 is 1.43 bits per heavy atom. The highest BCUT2D eigenvalue weighted by Crippen LogP contribution is 2.14. The lowest BCUT2D eigenvalue weighted by Gasteiger charge is -2.25. The zero-order chi connectivity index (χ0) is 18.6. The van der Waals surface area contributed by atoms with Crippen LogP contribution in [0.4, 0.5) is 0 Å². The van der Waals surface area contributed by atoms with Gasteiger partial charge < -0.3 is 15.4 Å². The van der Waals surface area contributed by atoms with Gasteiger partial charge in [-0.2, -0.15) is 5.10 Å². The molecule has 2 N–H and O–H groups in total. The zero-order valence-corrected chi connectivity index (χ0v) is 19.1. The van der Waals surface area contributed by atoms with E-state index in [4.69, 9.17) is 9.73 Å². The molecule has 0 aliphatic carbocycles. The van der Waals surface area contributed by atoms with Crippen molar-refractivity contribution in [3.63, 3.8) is 0 Å². The first-order valence-corrected chi connectivity index (χ1v) is 10.0. The fourth-order valence-electron chi connectivity index (χ4n) is 3.19. The van der Waals surface area contributed by atoms with E-state index in [1.807, 2.05) is 26.9 Å². The average molecular weight is 516 g/mol. The van der Waals surface area contributed by atoms with Crippen molar-refractivity contribution in [2.45, 2.75) is 45.5 Å². The van der Waals surface area contributed by atoms with Crippen LogP contribution in [0.2, 0.25) is 0 Å². The predicted octanol–water partition coefficient (Wildman–Crippen LogP) is 1.82. The topological polar surface area (TPSA) is 93.7 Å². The minimum Gasteiger partial charge on any atom is -0.377 e. The number of aromatic nitrogens is 5. The number of rotatable bonds is 6. The van der Waals surface area contributed by atoms with Crippen LogP contribution in [0.1, 0.15) is 30.7 Å². The van der Waals surface area contributed by atoms with E-state index in [9.17, 15) is 0 Å². The Kier molecular flexibility index (Phi) is 7.24. The summed E-state index contributed by atoms with van der Waals surface area (Å²) in [6, 6.07) is 0.262. The Bertz CT molecular complexity index is 904. The number of aryl methyl sites for hydroxylation is 1. The van der Waals surface area contributed by atoms with Crippen molar-refractivity contribution < 1.29 is 4.74 Å². The SMILES string of the molecule is CCNC(=NCc1cn2ccsc2n1)NC1CCc2nc(COC)nn2C1.I. The highest BCUT2D eigenvalue weighted by molar-refractivity contribution is 14.0. The number of halogens is 1. The van der Waals surface area contributed by atoms with E-state index in [1.54, 1.807) is 18.4 Å². The van der Waals surface area contributed by atoms with Crippen molar-refractivity contribution in [2.24, 2.45) is 4.99 Å². The molecule has 0 bridgehead atoms. The van der Waals surface area contributed by atoms with Crippen molar-refractivity contribution in [3.05, 3.63) is 35.1 Å². The number of imidazole rings is 1. The van der Waals surface area contributed by atoms with Crippen LogP contribution in [0, 0.1) is 0 Å². The lowest BCUT2D eigenvalue weighted by Crippen LogP contribution is -2.47. The quantitative estimate of drug-likeness (QED) is 0.295. The Morgan fingerprint density at radius 3 is 3.11 bits per heavy atom. The van der Waals surface area contributed by atoms with E-state index in [1.165, 1.54) is 0 Å². The van der Waals surface area contributed by atoms with Gasteiger partial charge in [0.2, 0.25) is 0 Å². The number of ether oxygens (including phenoxy) is 1. The molecule has 0 radical (unpaired) electrons. The molecule has 1 atom stereocenters. The van der Waals surface area contributed by atoms with Crippen LogP contribution >= 0.6 is 35.3 Å². The van der Waals surface area contributed by atoms with Crippen molar-refractivity contribution in [3.8, 4) is 0 Å². The van der Waals surface area contributed by atoms with Crippen LogP contribution in [0.5, 0.6) is 0 Å². The fourth-order valence-corrected chi connectivity index (χ4v) is 3.91. The number of nitrogens with one attached hydrogen (secondary N) is 2. The molecule has 0 saturated carbocycles. The summed E-state index contributed by atoms with van der Waals surface area (Å²) in [7, 11) is 1.66. The van der Waals surface area contributed by atoms with Gasteiger partial charge in [-0.1, -0.05) is 0 Å². The maximum absolute atomic E-state index is 5.13. The van der Waals surface area contributed by atoms with Crippen LogP contribution in [0.3, 0.4) is 0 Å². The zero-order valence-electron chi connectivity index (χ0n) is 16.0. The molecule has 1 aliphatic rings. The van der Waals surface area contributed by atoms with Crippen LogP contribution in [0.15, 0.2) is 22.8 Å². The van der Waals surface area contributed by atoms with E-state index >= 15 is 0 Å². The summed E-state index contributed by atoms with van der Waals surface area (Å²) in [6.07, 6.45) is 5.93. The van der Waals surface area contributed by atoms with Gasteiger partial charge in [0.25, 0.3) is 0 Å². The van der Waals surface area contributed by atoms with Gasteiger partial charge in [-0.15, -0.1) is 35.3 Å². The molecular formula is C17H25IN8OS. The largest absolute Gasteiger partial charge is 0.377 e. The van der Waals surface area contributed by atoms with Gasteiger partial charge in [0.15, 0.2) is 16.7 Å². The summed E-state index contributed by atoms with van der Waals surface area (Å²) < 4.78 is 9.13. The summed E-state index contributed by atoms with van der Waals surface area (Å²) in [5, 5.41) is 13.4. The van der Waals surface area contributed by atoms with Crippen molar-refractivity contribution in [1.29, 1.82) is 0 Å². The van der Waals surface area contributed by atoms with Crippen LogP contribution in [-0.2, 0) is 30.9 Å². The van der Waals surface area contributed by atoms with Gasteiger partial charge in [-0.3, -0.25) is 4.40 Å². The molecule has 28 heavy (non-hydrogen) atoms. The van der Waals surface area contributed by atoms with Gasteiger partial charge in [0, 0.05) is 43.9 Å². The fraction of sp³-hybridized carbons (Fsp3) is 0.529. The lowest BCUT2D eigenvalue weighted by atomic mass is 10.1. The highest BCUT2D eigenvalue weighted by Gasteiger charge is 2.22. The smallest absolute Gasteiger partial charge is 0.193 e. The van der Waals surface area contributed by atoms with E-state index in [0.29, 0.717) is 13.2 Å². The second-order valence-electron chi connectivity index (χ2n) is 6.46. The first-order valence-electron chi connectivity index (χ1n) is 9.12. The van der Waals surface area contributed by atoms with Crippen LogP contribution in [-0.4, -0.2) is 49.8 Å². The molecular weight excluding hydrogens is 491 g/mol. The monoisotopic (exact) mass is 516 g/mol. The van der Waals surface area contributed by atoms with Gasteiger partial charge >= 0.3 is 0 Å². The molecule has 1 unspecified atom stereocenters. The highest BCUT2D eigenvalue weighted by atomic mass is 127. The average Bonchev–Trinajstić information content (AvgIpc) is 3.33. The number of hydrogen-bond acceptors (Lipinski definition) is 6. The van der Waals surface area contributed by atoms with Gasteiger partial charge in [-0.25, -0.2) is 19.6 Å². The van der Waals surface area contributed by atoms with Crippen LogP contribution < -0.4 is 10.6 Å². The number of aliphatic imine (C=N–C) groups is 1. The lowest BCUT2D eigenvalue weighted by molar-refractivity contribution is 0.177. The number of fused-ring (bicyclic) bond motifs is 2. The Hall–Kier alpha value is -1.73. The van der Waals surface area contributed by atoms with E-state index in [-0.39, 0.29) is 30.0 Å². The number of methoxy groups -OCH3 is 1. The third-order valence-electron chi connectivity index (χ3n) is 4.40. The molecule has 3 aromatic heterocycles. The normalized spacial score (nSPS) is 16.6. The Labute approximate surface area is 184 Å². The molecule has 0 fully saturated rings.